The normalized spacial score (nSPS) is 14.9. The monoisotopic (exact) mass is 471 g/mol. The van der Waals surface area contributed by atoms with E-state index in [1.54, 1.807) is 6.92 Å². The van der Waals surface area contributed by atoms with Gasteiger partial charge in [-0.15, -0.1) is 0 Å². The lowest BCUT2D eigenvalue weighted by Crippen LogP contribution is -2.40. The van der Waals surface area contributed by atoms with E-state index < -0.39 is 22.6 Å². The predicted octanol–water partition coefficient (Wildman–Crippen LogP) is 3.06. The maximum absolute atomic E-state index is 12.8. The lowest BCUT2D eigenvalue weighted by atomic mass is 10.2. The van der Waals surface area contributed by atoms with Crippen molar-refractivity contribution in [3.63, 3.8) is 0 Å². The van der Waals surface area contributed by atoms with Gasteiger partial charge in [0.1, 0.15) is 6.61 Å². The molecule has 0 N–H and O–H groups in total. The fraction of sp³-hybridized carbons (Fsp3) is 0.381. The van der Waals surface area contributed by atoms with Gasteiger partial charge in [-0.1, -0.05) is 12.1 Å². The number of carbonyl (C=O) groups excluding carboxylic acids is 1. The number of esters is 1. The molecule has 32 heavy (non-hydrogen) atoms. The van der Waals surface area contributed by atoms with E-state index in [-0.39, 0.29) is 48.3 Å². The molecule has 0 aromatic heterocycles. The molecule has 1 fully saturated rings. The van der Waals surface area contributed by atoms with Gasteiger partial charge in [0.2, 0.25) is 10.0 Å². The fourth-order valence-electron chi connectivity index (χ4n) is 3.06. The summed E-state index contributed by atoms with van der Waals surface area (Å²) in [5, 5.41) is 0. The van der Waals surface area contributed by atoms with Crippen LogP contribution >= 0.6 is 0 Å². The average Bonchev–Trinajstić information content (AvgIpc) is 2.79. The van der Waals surface area contributed by atoms with Crippen LogP contribution in [0.1, 0.15) is 22.8 Å². The molecule has 174 valence electrons. The Bertz CT molecular complexity index is 1040. The number of rotatable bonds is 9. The first-order chi connectivity index (χ1) is 15.3. The quantitative estimate of drug-likeness (QED) is 0.519. The number of hydrogen-bond acceptors (Lipinski definition) is 7. The molecule has 0 aliphatic carbocycles. The second-order valence-electron chi connectivity index (χ2n) is 6.71. The first kappa shape index (κ1) is 23.9. The number of nitrogens with zero attached hydrogens (tertiary/aromatic N) is 1. The summed E-state index contributed by atoms with van der Waals surface area (Å²) in [6.07, 6.45) is 0. The van der Waals surface area contributed by atoms with Gasteiger partial charge in [-0.3, -0.25) is 0 Å². The Morgan fingerprint density at radius 2 is 1.88 bits per heavy atom. The Labute approximate surface area is 184 Å². The van der Waals surface area contributed by atoms with E-state index in [0.29, 0.717) is 18.8 Å². The van der Waals surface area contributed by atoms with Gasteiger partial charge >= 0.3 is 12.6 Å². The van der Waals surface area contributed by atoms with E-state index >= 15 is 0 Å². The maximum Gasteiger partial charge on any atom is 0.387 e. The molecule has 11 heteroatoms. The third kappa shape index (κ3) is 5.93. The predicted molar refractivity (Wildman–Crippen MR) is 109 cm³/mol. The van der Waals surface area contributed by atoms with Crippen molar-refractivity contribution in [2.75, 3.05) is 32.9 Å². The molecule has 0 amide bonds. The van der Waals surface area contributed by atoms with Crippen molar-refractivity contribution in [1.29, 1.82) is 0 Å². The second kappa shape index (κ2) is 10.7. The molecular weight excluding hydrogens is 448 g/mol. The van der Waals surface area contributed by atoms with E-state index in [0.717, 1.165) is 0 Å². The lowest BCUT2D eigenvalue weighted by molar-refractivity contribution is -0.0514. The molecule has 0 atom stereocenters. The molecule has 1 aliphatic heterocycles. The minimum absolute atomic E-state index is 0.0130. The summed E-state index contributed by atoms with van der Waals surface area (Å²) in [6.45, 7) is -0.149. The zero-order valence-corrected chi connectivity index (χ0v) is 18.1. The largest absolute Gasteiger partial charge is 0.490 e. The molecule has 2 aromatic rings. The number of carbonyl (C=O) groups is 1. The Hall–Kier alpha value is -2.76. The zero-order chi connectivity index (χ0) is 23.1. The molecule has 8 nitrogen and oxygen atoms in total. The van der Waals surface area contributed by atoms with Crippen molar-refractivity contribution in [3.8, 4) is 11.5 Å². The standard InChI is InChI=1S/C21H23F2NO7S/c1-2-29-19-12-15(6-7-18(19)31-21(22)23)14-30-20(25)16-4-3-5-17(13-16)32(26,27)24-8-10-28-11-9-24/h3-7,12-13,21H,2,8-11,14H2,1H3. The topological polar surface area (TPSA) is 91.4 Å². The summed E-state index contributed by atoms with van der Waals surface area (Å²) in [5.41, 5.74) is 0.558. The Balaban J connectivity index is 1.70. The molecule has 3 rings (SSSR count). The second-order valence-corrected chi connectivity index (χ2v) is 8.65. The van der Waals surface area contributed by atoms with Crippen LogP contribution in [-0.4, -0.2) is 58.2 Å². The van der Waals surface area contributed by atoms with Crippen LogP contribution in [0.15, 0.2) is 47.4 Å². The van der Waals surface area contributed by atoms with Crippen molar-refractivity contribution in [3.05, 3.63) is 53.6 Å². The molecule has 1 saturated heterocycles. The van der Waals surface area contributed by atoms with Crippen molar-refractivity contribution < 1.29 is 40.9 Å². The molecule has 0 bridgehead atoms. The summed E-state index contributed by atoms with van der Waals surface area (Å²) < 4.78 is 72.1. The molecule has 2 aromatic carbocycles. The summed E-state index contributed by atoms with van der Waals surface area (Å²) in [7, 11) is -3.76. The van der Waals surface area contributed by atoms with Gasteiger partial charge in [-0.05, 0) is 42.8 Å². The van der Waals surface area contributed by atoms with Gasteiger partial charge in [0.05, 0.1) is 30.3 Å². The molecule has 1 heterocycles. The highest BCUT2D eigenvalue weighted by Crippen LogP contribution is 2.30. The average molecular weight is 471 g/mol. The van der Waals surface area contributed by atoms with Crippen LogP contribution in [0.4, 0.5) is 8.78 Å². The summed E-state index contributed by atoms with van der Waals surface area (Å²) in [6, 6.07) is 9.80. The summed E-state index contributed by atoms with van der Waals surface area (Å²) in [5.74, 6) is -0.757. The Kier molecular flexibility index (Phi) is 7.99. The highest BCUT2D eigenvalue weighted by atomic mass is 32.2. The van der Waals surface area contributed by atoms with Gasteiger partial charge in [-0.2, -0.15) is 13.1 Å². The molecule has 0 spiro atoms. The van der Waals surface area contributed by atoms with Gasteiger partial charge in [0, 0.05) is 13.1 Å². The van der Waals surface area contributed by atoms with Crippen LogP contribution in [0, 0.1) is 0 Å². The number of halogens is 2. The highest BCUT2D eigenvalue weighted by Gasteiger charge is 2.27. The van der Waals surface area contributed by atoms with Gasteiger partial charge < -0.3 is 18.9 Å². The van der Waals surface area contributed by atoms with Crippen LogP contribution in [0.2, 0.25) is 0 Å². The number of morpholine rings is 1. The van der Waals surface area contributed by atoms with Crippen molar-refractivity contribution >= 4 is 16.0 Å². The lowest BCUT2D eigenvalue weighted by Gasteiger charge is -2.26. The van der Waals surface area contributed by atoms with Crippen molar-refractivity contribution in [1.82, 2.24) is 4.31 Å². The van der Waals surface area contributed by atoms with Crippen molar-refractivity contribution in [2.45, 2.75) is 25.0 Å². The SMILES string of the molecule is CCOc1cc(COC(=O)c2cccc(S(=O)(=O)N3CCOCC3)c2)ccc1OC(F)F. The summed E-state index contributed by atoms with van der Waals surface area (Å²) in [4.78, 5) is 12.5. The van der Waals surface area contributed by atoms with Gasteiger partial charge in [0.15, 0.2) is 11.5 Å². The Morgan fingerprint density at radius 3 is 2.56 bits per heavy atom. The summed E-state index contributed by atoms with van der Waals surface area (Å²) >= 11 is 0. The van der Waals surface area contributed by atoms with Crippen LogP contribution in [0.25, 0.3) is 0 Å². The maximum atomic E-state index is 12.8. The van der Waals surface area contributed by atoms with Crippen LogP contribution < -0.4 is 9.47 Å². The fourth-order valence-corrected chi connectivity index (χ4v) is 4.51. The molecular formula is C21H23F2NO7S. The first-order valence-electron chi connectivity index (χ1n) is 9.87. The van der Waals surface area contributed by atoms with Gasteiger partial charge in [-0.25, -0.2) is 13.2 Å². The van der Waals surface area contributed by atoms with Crippen LogP contribution in [0.5, 0.6) is 11.5 Å². The van der Waals surface area contributed by atoms with Crippen LogP contribution in [-0.2, 0) is 26.1 Å². The van der Waals surface area contributed by atoms with Gasteiger partial charge in [0.25, 0.3) is 0 Å². The third-order valence-corrected chi connectivity index (χ3v) is 6.47. The molecule has 0 saturated carbocycles. The smallest absolute Gasteiger partial charge is 0.387 e. The minimum atomic E-state index is -3.76. The van der Waals surface area contributed by atoms with E-state index in [2.05, 4.69) is 4.74 Å². The molecule has 0 radical (unpaired) electrons. The zero-order valence-electron chi connectivity index (χ0n) is 17.3. The number of sulfonamides is 1. The minimum Gasteiger partial charge on any atom is -0.490 e. The first-order valence-corrected chi connectivity index (χ1v) is 11.3. The third-order valence-electron chi connectivity index (χ3n) is 4.57. The molecule has 0 unspecified atom stereocenters. The van der Waals surface area contributed by atoms with E-state index in [9.17, 15) is 22.0 Å². The number of alkyl halides is 2. The number of ether oxygens (including phenoxy) is 4. The number of hydrogen-bond donors (Lipinski definition) is 0. The van der Waals surface area contributed by atoms with E-state index in [1.165, 1.54) is 46.8 Å². The molecule has 1 aliphatic rings. The van der Waals surface area contributed by atoms with E-state index in [4.69, 9.17) is 14.2 Å². The van der Waals surface area contributed by atoms with Crippen LogP contribution in [0.3, 0.4) is 0 Å². The Morgan fingerprint density at radius 1 is 1.12 bits per heavy atom. The van der Waals surface area contributed by atoms with Crippen molar-refractivity contribution in [2.24, 2.45) is 0 Å². The highest BCUT2D eigenvalue weighted by molar-refractivity contribution is 7.89. The van der Waals surface area contributed by atoms with E-state index in [1.807, 2.05) is 0 Å². The number of benzene rings is 2.